The number of halogens is 2. The fourth-order valence-electron chi connectivity index (χ4n) is 5.75. The summed E-state index contributed by atoms with van der Waals surface area (Å²) in [6.07, 6.45) is 2.76. The van der Waals surface area contributed by atoms with E-state index in [1.54, 1.807) is 40.2 Å². The molecule has 0 aliphatic heterocycles. The van der Waals surface area contributed by atoms with Crippen LogP contribution in [0.2, 0.25) is 0 Å². The summed E-state index contributed by atoms with van der Waals surface area (Å²) >= 11 is 0. The Morgan fingerprint density at radius 1 is 0.566 bits per heavy atom. The van der Waals surface area contributed by atoms with Crippen LogP contribution < -0.4 is 26.8 Å². The van der Waals surface area contributed by atoms with E-state index >= 15 is 0 Å². The van der Waals surface area contributed by atoms with E-state index in [1.165, 1.54) is 24.5 Å². The van der Waals surface area contributed by atoms with Crippen LogP contribution in [-0.4, -0.2) is 45.8 Å². The number of aromatic nitrogens is 8. The predicted molar refractivity (Wildman–Crippen MR) is 201 cm³/mol. The quantitative estimate of drug-likeness (QED) is 0.129. The maximum absolute atomic E-state index is 13.7. The summed E-state index contributed by atoms with van der Waals surface area (Å²) in [5.41, 5.74) is 19.9. The number of benzene rings is 2. The van der Waals surface area contributed by atoms with Gasteiger partial charge in [-0.1, -0.05) is 17.7 Å². The van der Waals surface area contributed by atoms with E-state index < -0.39 is 0 Å². The van der Waals surface area contributed by atoms with Gasteiger partial charge in [-0.2, -0.15) is 9.97 Å². The van der Waals surface area contributed by atoms with E-state index in [-0.39, 0.29) is 11.6 Å². The van der Waals surface area contributed by atoms with Crippen molar-refractivity contribution in [3.63, 3.8) is 0 Å². The minimum atomic E-state index is -0.361. The Morgan fingerprint density at radius 2 is 1.00 bits per heavy atom. The number of nitrogen functional groups attached to an aromatic ring is 2. The van der Waals surface area contributed by atoms with Gasteiger partial charge in [-0.25, -0.2) is 28.7 Å². The molecule has 0 aliphatic carbocycles. The highest BCUT2D eigenvalue weighted by molar-refractivity contribution is 5.70. The molecule has 13 nitrogen and oxygen atoms in total. The molecule has 266 valence electrons. The second kappa shape index (κ2) is 14.2. The van der Waals surface area contributed by atoms with Gasteiger partial charge in [0.05, 0.1) is 41.3 Å². The maximum Gasteiger partial charge on any atom is 0.229 e. The summed E-state index contributed by atoms with van der Waals surface area (Å²) in [5.74, 6) is 1.35. The second-order valence-electron chi connectivity index (χ2n) is 12.1. The van der Waals surface area contributed by atoms with Gasteiger partial charge in [0.1, 0.15) is 40.3 Å². The molecule has 15 heteroatoms. The van der Waals surface area contributed by atoms with Crippen LogP contribution in [0, 0.1) is 32.4 Å². The smallest absolute Gasteiger partial charge is 0.229 e. The van der Waals surface area contributed by atoms with Crippen molar-refractivity contribution in [1.82, 2.24) is 38.7 Å². The largest absolute Gasteiger partial charge is 0.497 e. The first-order valence-corrected chi connectivity index (χ1v) is 16.4. The molecule has 53 heavy (non-hydrogen) atoms. The van der Waals surface area contributed by atoms with Crippen molar-refractivity contribution in [3.8, 4) is 28.5 Å². The Balaban J connectivity index is 0.000000164. The molecule has 6 aromatic heterocycles. The van der Waals surface area contributed by atoms with E-state index in [2.05, 4.69) is 40.5 Å². The number of nitrogens with zero attached hydrogens (tertiary/aromatic N) is 8. The highest BCUT2D eigenvalue weighted by Gasteiger charge is 2.17. The van der Waals surface area contributed by atoms with Crippen molar-refractivity contribution < 1.29 is 13.5 Å². The van der Waals surface area contributed by atoms with Gasteiger partial charge in [-0.15, -0.1) is 0 Å². The number of fused-ring (bicyclic) bond motifs is 2. The monoisotopic (exact) mass is 712 g/mol. The van der Waals surface area contributed by atoms with Gasteiger partial charge in [0.15, 0.2) is 0 Å². The lowest BCUT2D eigenvalue weighted by Gasteiger charge is -2.09. The average Bonchev–Trinajstić information content (AvgIpc) is 3.63. The van der Waals surface area contributed by atoms with Gasteiger partial charge in [0.25, 0.3) is 0 Å². The second-order valence-corrected chi connectivity index (χ2v) is 12.1. The van der Waals surface area contributed by atoms with Crippen molar-refractivity contribution in [2.45, 2.75) is 20.8 Å². The van der Waals surface area contributed by atoms with Crippen molar-refractivity contribution in [3.05, 3.63) is 126 Å². The van der Waals surface area contributed by atoms with Crippen LogP contribution in [0.3, 0.4) is 0 Å². The molecule has 0 saturated heterocycles. The molecule has 2 aromatic carbocycles. The zero-order chi connectivity index (χ0) is 37.2. The molecular weight excluding hydrogens is 678 g/mol. The van der Waals surface area contributed by atoms with E-state index in [4.69, 9.17) is 16.2 Å². The van der Waals surface area contributed by atoms with Crippen molar-refractivity contribution in [2.24, 2.45) is 0 Å². The van der Waals surface area contributed by atoms with Gasteiger partial charge in [0.2, 0.25) is 11.9 Å². The van der Waals surface area contributed by atoms with Crippen LogP contribution >= 0.6 is 0 Å². The van der Waals surface area contributed by atoms with Crippen molar-refractivity contribution in [2.75, 3.05) is 29.2 Å². The molecule has 0 amide bonds. The molecule has 0 saturated carbocycles. The normalized spacial score (nSPS) is 11.0. The third kappa shape index (κ3) is 7.49. The summed E-state index contributed by atoms with van der Waals surface area (Å²) < 4.78 is 35.9. The first-order chi connectivity index (χ1) is 25.5. The molecule has 0 fully saturated rings. The highest BCUT2D eigenvalue weighted by Crippen LogP contribution is 2.28. The van der Waals surface area contributed by atoms with Crippen LogP contribution in [0.15, 0.2) is 97.3 Å². The highest BCUT2D eigenvalue weighted by atomic mass is 19.1. The van der Waals surface area contributed by atoms with Crippen molar-refractivity contribution in [1.29, 1.82) is 0 Å². The first-order valence-electron chi connectivity index (χ1n) is 16.4. The Kier molecular flexibility index (Phi) is 9.20. The van der Waals surface area contributed by atoms with Gasteiger partial charge in [-0.3, -0.25) is 8.80 Å². The summed E-state index contributed by atoms with van der Waals surface area (Å²) in [6.45, 7) is 5.71. The molecular formula is C38H34F2N12O. The molecule has 0 bridgehead atoms. The lowest BCUT2D eigenvalue weighted by atomic mass is 10.2. The Morgan fingerprint density at radius 3 is 1.43 bits per heavy atom. The minimum absolute atomic E-state index is 0.293. The number of hydrogen-bond donors (Lipinski definition) is 4. The number of imidazole rings is 2. The average molecular weight is 713 g/mol. The number of pyridine rings is 2. The predicted octanol–water partition coefficient (Wildman–Crippen LogP) is 7.45. The molecule has 8 rings (SSSR count). The summed E-state index contributed by atoms with van der Waals surface area (Å²) in [7, 11) is 1.61. The number of methoxy groups -OCH3 is 1. The Labute approximate surface area is 302 Å². The zero-order valence-electron chi connectivity index (χ0n) is 29.1. The maximum atomic E-state index is 13.7. The van der Waals surface area contributed by atoms with Crippen LogP contribution in [0.4, 0.5) is 43.7 Å². The lowest BCUT2D eigenvalue weighted by Crippen LogP contribution is -2.03. The molecule has 0 atom stereocenters. The molecule has 0 aliphatic rings. The number of nitrogens with two attached hydrogens (primary N) is 2. The van der Waals surface area contributed by atoms with Gasteiger partial charge >= 0.3 is 0 Å². The third-order valence-corrected chi connectivity index (χ3v) is 8.14. The van der Waals surface area contributed by atoms with Crippen LogP contribution in [0.1, 0.15) is 17.0 Å². The van der Waals surface area contributed by atoms with Crippen LogP contribution in [0.5, 0.6) is 5.75 Å². The Bertz CT molecular complexity index is 2590. The van der Waals surface area contributed by atoms with Gasteiger partial charge in [-0.05, 0) is 81.4 Å². The molecule has 0 unspecified atom stereocenters. The van der Waals surface area contributed by atoms with Gasteiger partial charge < -0.3 is 26.8 Å². The topological polar surface area (TPSA) is 171 Å². The number of aryl methyl sites for hydroxylation is 3. The number of rotatable bonds is 7. The third-order valence-electron chi connectivity index (χ3n) is 8.14. The molecule has 0 spiro atoms. The molecule has 8 aromatic rings. The molecule has 0 radical (unpaired) electrons. The minimum Gasteiger partial charge on any atom is -0.497 e. The summed E-state index contributed by atoms with van der Waals surface area (Å²) in [6, 6.07) is 24.5. The van der Waals surface area contributed by atoms with Crippen molar-refractivity contribution >= 4 is 46.2 Å². The van der Waals surface area contributed by atoms with E-state index in [0.717, 1.165) is 28.4 Å². The van der Waals surface area contributed by atoms with E-state index in [1.807, 2.05) is 69.3 Å². The van der Waals surface area contributed by atoms with E-state index in [9.17, 15) is 8.78 Å². The number of hydrogen-bond acceptors (Lipinski definition) is 11. The summed E-state index contributed by atoms with van der Waals surface area (Å²) in [5, 5.41) is 6.26. The summed E-state index contributed by atoms with van der Waals surface area (Å²) in [4.78, 5) is 26.5. The van der Waals surface area contributed by atoms with Crippen LogP contribution in [-0.2, 0) is 0 Å². The zero-order valence-corrected chi connectivity index (χ0v) is 29.1. The lowest BCUT2D eigenvalue weighted by molar-refractivity contribution is 0.415. The Hall–Kier alpha value is -7.16. The number of ether oxygens (including phenoxy) is 1. The SMILES string of the molecule is COc1ccc(Nc2nc(N)cc(-c3c(C)nc4ccc(F)cn34)n2)cc1.Cc1ccc(Nc2nc(N)cc(-c3c(C)nc4ccc(F)cn34)n2)cc1. The van der Waals surface area contributed by atoms with Crippen LogP contribution in [0.25, 0.3) is 34.1 Å². The molecule has 6 N–H and O–H groups in total. The fraction of sp³-hybridized carbons (Fsp3) is 0.105. The standard InChI is InChI=1S/C19H17FN6O.C19H17FN6/c1-11-18(26-10-12(20)3-8-17(26)22-11)15-9-16(21)25-19(24-15)23-13-4-6-14(27-2)7-5-13;1-11-3-6-14(7-4-11)23-19-24-15(9-16(21)25-19)18-12(2)22-17-8-5-13(20)10-26(17)18/h3-10H,1-2H3,(H3,21,23,24,25);3-10H,1-2H3,(H3,21,23,24,25). The number of nitrogens with one attached hydrogen (secondary N) is 2. The van der Waals surface area contributed by atoms with E-state index in [0.29, 0.717) is 63.3 Å². The number of anilines is 6. The van der Waals surface area contributed by atoms with Gasteiger partial charge in [0, 0.05) is 35.9 Å². The first kappa shape index (κ1) is 34.3. The molecule has 6 heterocycles. The fourth-order valence-corrected chi connectivity index (χ4v) is 5.75.